The number of ether oxygens (including phenoxy) is 1. The van der Waals surface area contributed by atoms with Gasteiger partial charge in [0.25, 0.3) is 6.43 Å². The first kappa shape index (κ1) is 21.6. The van der Waals surface area contributed by atoms with Crippen LogP contribution >= 0.6 is 27.5 Å². The quantitative estimate of drug-likeness (QED) is 0.356. The molecule has 2 rings (SSSR count). The van der Waals surface area contributed by atoms with Gasteiger partial charge in [0.15, 0.2) is 0 Å². The molecule has 125 valence electrons. The molecule has 1 atom stereocenters. The zero-order valence-electron chi connectivity index (χ0n) is 12.4. The molecule has 1 aromatic rings. The third-order valence-corrected chi connectivity index (χ3v) is 4.12. The van der Waals surface area contributed by atoms with Crippen LogP contribution in [0.3, 0.4) is 0 Å². The number of rotatable bonds is 5. The molecule has 0 N–H and O–H groups in total. The molecular weight excluding hydrogens is 480 g/mol. The van der Waals surface area contributed by atoms with E-state index in [1.165, 1.54) is 6.07 Å². The van der Waals surface area contributed by atoms with Crippen molar-refractivity contribution in [1.82, 2.24) is 4.90 Å². The molecule has 0 bridgehead atoms. The first-order valence-electron chi connectivity index (χ1n) is 6.64. The third kappa shape index (κ3) is 5.26. The van der Waals surface area contributed by atoms with Gasteiger partial charge in [0.05, 0.1) is 11.4 Å². The zero-order chi connectivity index (χ0) is 17.0. The van der Waals surface area contributed by atoms with Crippen molar-refractivity contribution in [3.05, 3.63) is 34.9 Å². The summed E-state index contributed by atoms with van der Waals surface area (Å²) in [5, 5.41) is 0.266. The van der Waals surface area contributed by atoms with E-state index in [2.05, 4.69) is 27.9 Å². The summed E-state index contributed by atoms with van der Waals surface area (Å²) in [7, 11) is 0. The summed E-state index contributed by atoms with van der Waals surface area (Å²) >= 11 is 9.36. The number of nitrogens with zero attached hydrogens (tertiary/aromatic N) is 1. The predicted octanol–water partition coefficient (Wildman–Crippen LogP) is 3.75. The van der Waals surface area contributed by atoms with E-state index in [-0.39, 0.29) is 56.5 Å². The van der Waals surface area contributed by atoms with E-state index in [1.807, 2.05) is 0 Å². The van der Waals surface area contributed by atoms with Crippen molar-refractivity contribution in [1.29, 1.82) is 0 Å². The first-order chi connectivity index (χ1) is 10.9. The standard InChI is InChI=1S/C16H12BrClF2NO2.Y/c1-2-7-23-10-3-4-11(13(18)8-10)14-6-5-12(17)16(22)21(14)9-15(19)20;/h1,3-4,8,12,15H,5,7,9H2;/q-1;. The van der Waals surface area contributed by atoms with Crippen LogP contribution in [0.25, 0.3) is 5.70 Å². The molecule has 1 aliphatic heterocycles. The van der Waals surface area contributed by atoms with Gasteiger partial charge in [-0.25, -0.2) is 14.9 Å². The predicted molar refractivity (Wildman–Crippen MR) is 87.5 cm³/mol. The summed E-state index contributed by atoms with van der Waals surface area (Å²) in [6.07, 6.45) is 5.69. The molecule has 0 aromatic heterocycles. The van der Waals surface area contributed by atoms with Crippen molar-refractivity contribution in [2.24, 2.45) is 0 Å². The molecule has 0 fully saturated rings. The summed E-state index contributed by atoms with van der Waals surface area (Å²) in [6.45, 7) is -0.624. The second kappa shape index (κ2) is 9.86. The molecule has 0 saturated carbocycles. The van der Waals surface area contributed by atoms with Crippen LogP contribution in [0.5, 0.6) is 5.75 Å². The molecular formula is C16H12BrClF2NO2Y-. The van der Waals surface area contributed by atoms with Crippen molar-refractivity contribution >= 4 is 39.1 Å². The van der Waals surface area contributed by atoms with E-state index in [9.17, 15) is 13.6 Å². The fraction of sp³-hybridized carbons (Fsp3) is 0.312. The average molecular weight is 493 g/mol. The maximum atomic E-state index is 12.8. The largest absolute Gasteiger partial charge is 0.481 e. The van der Waals surface area contributed by atoms with Crippen molar-refractivity contribution in [3.8, 4) is 18.1 Å². The Labute approximate surface area is 177 Å². The second-order valence-electron chi connectivity index (χ2n) is 4.67. The Kier molecular flexibility index (Phi) is 8.86. The number of carbonyl (C=O) groups is 1. The van der Waals surface area contributed by atoms with Crippen LogP contribution in [-0.4, -0.2) is 35.2 Å². The van der Waals surface area contributed by atoms with Gasteiger partial charge in [0, 0.05) is 32.7 Å². The number of alkyl halides is 3. The normalized spacial score (nSPS) is 17.2. The topological polar surface area (TPSA) is 29.5 Å². The number of allylic oxidation sites excluding steroid dienone is 1. The minimum absolute atomic E-state index is 0. The van der Waals surface area contributed by atoms with Crippen LogP contribution < -0.4 is 4.74 Å². The van der Waals surface area contributed by atoms with Gasteiger partial charge in [0.2, 0.25) is 5.91 Å². The number of carbonyl (C=O) groups excluding carboxylic acids is 1. The summed E-state index contributed by atoms with van der Waals surface area (Å²) in [5.41, 5.74) is 0.688. The number of amides is 1. The molecule has 0 aliphatic carbocycles. The number of hydrogen-bond donors (Lipinski definition) is 0. The Morgan fingerprint density at radius 1 is 1.54 bits per heavy atom. The molecule has 1 aromatic carbocycles. The minimum atomic E-state index is -2.66. The van der Waals surface area contributed by atoms with Crippen LogP contribution in [0, 0.1) is 18.4 Å². The monoisotopic (exact) mass is 491 g/mol. The van der Waals surface area contributed by atoms with E-state index in [0.29, 0.717) is 11.3 Å². The molecule has 3 nitrogen and oxygen atoms in total. The van der Waals surface area contributed by atoms with Gasteiger partial charge in [-0.3, -0.25) is 4.79 Å². The van der Waals surface area contributed by atoms with Gasteiger partial charge < -0.3 is 9.64 Å². The van der Waals surface area contributed by atoms with Gasteiger partial charge in [-0.1, -0.05) is 28.3 Å². The number of terminal acetylenes is 1. The van der Waals surface area contributed by atoms with E-state index >= 15 is 0 Å². The summed E-state index contributed by atoms with van der Waals surface area (Å²) in [6, 6.07) is 4.73. The molecule has 1 radical (unpaired) electrons. The van der Waals surface area contributed by atoms with E-state index in [1.54, 1.807) is 12.1 Å². The van der Waals surface area contributed by atoms with Crippen molar-refractivity contribution < 1.29 is 51.0 Å². The number of benzene rings is 1. The van der Waals surface area contributed by atoms with Crippen molar-refractivity contribution in [2.45, 2.75) is 17.7 Å². The van der Waals surface area contributed by atoms with Gasteiger partial charge in [-0.15, -0.1) is 35.4 Å². The summed E-state index contributed by atoms with van der Waals surface area (Å²) in [4.78, 5) is 12.6. The summed E-state index contributed by atoms with van der Waals surface area (Å²) in [5.74, 6) is 2.34. The van der Waals surface area contributed by atoms with Gasteiger partial charge in [0.1, 0.15) is 12.4 Å². The van der Waals surface area contributed by atoms with E-state index in [0.717, 1.165) is 4.90 Å². The molecule has 1 amide bonds. The smallest absolute Gasteiger partial charge is 0.256 e. The molecule has 1 unspecified atom stereocenters. The Morgan fingerprint density at radius 3 is 2.83 bits per heavy atom. The molecule has 0 spiro atoms. The van der Waals surface area contributed by atoms with Crippen LogP contribution in [0.15, 0.2) is 18.2 Å². The average Bonchev–Trinajstić information content (AvgIpc) is 2.50. The van der Waals surface area contributed by atoms with Crippen LogP contribution in [0.1, 0.15) is 12.0 Å². The first-order valence-corrected chi connectivity index (χ1v) is 7.94. The van der Waals surface area contributed by atoms with Crippen LogP contribution in [0.4, 0.5) is 8.78 Å². The van der Waals surface area contributed by atoms with Crippen molar-refractivity contribution in [2.75, 3.05) is 13.2 Å². The number of halogens is 4. The Hall–Kier alpha value is -0.476. The fourth-order valence-corrected chi connectivity index (χ4v) is 2.78. The Bertz CT molecular complexity index is 679. The van der Waals surface area contributed by atoms with Gasteiger partial charge in [-0.2, -0.15) is 0 Å². The third-order valence-electron chi connectivity index (χ3n) is 3.09. The molecule has 1 aliphatic rings. The molecule has 24 heavy (non-hydrogen) atoms. The zero-order valence-corrected chi connectivity index (χ0v) is 17.6. The Morgan fingerprint density at radius 2 is 2.25 bits per heavy atom. The van der Waals surface area contributed by atoms with E-state index in [4.69, 9.17) is 22.8 Å². The maximum absolute atomic E-state index is 12.8. The maximum Gasteiger partial charge on any atom is 0.256 e. The minimum Gasteiger partial charge on any atom is -0.481 e. The molecule has 8 heteroatoms. The SMILES string of the molecule is C#CCOc1ccc(C2=[C-]CC(Br)C(=O)N2CC(F)F)c(Cl)c1.[Y]. The van der Waals surface area contributed by atoms with Crippen LogP contribution in [-0.2, 0) is 37.5 Å². The fourth-order valence-electron chi connectivity index (χ4n) is 2.11. The second-order valence-corrected chi connectivity index (χ2v) is 6.18. The molecule has 1 heterocycles. The van der Waals surface area contributed by atoms with Gasteiger partial charge >= 0.3 is 0 Å². The van der Waals surface area contributed by atoms with Crippen LogP contribution in [0.2, 0.25) is 5.02 Å². The summed E-state index contributed by atoms with van der Waals surface area (Å²) < 4.78 is 30.8. The Balaban J connectivity index is 0.00000288. The van der Waals surface area contributed by atoms with Crippen molar-refractivity contribution in [3.63, 3.8) is 0 Å². The molecule has 0 saturated heterocycles. The number of hydrogen-bond acceptors (Lipinski definition) is 2. The van der Waals surface area contributed by atoms with E-state index < -0.39 is 23.7 Å². The van der Waals surface area contributed by atoms with Gasteiger partial charge in [-0.05, 0) is 17.2 Å².